The molecule has 10 atom stereocenters. The Morgan fingerprint density at radius 2 is 1.82 bits per heavy atom. The number of ketones is 1. The summed E-state index contributed by atoms with van der Waals surface area (Å²) in [7, 11) is 1.51. The number of aliphatic hydroxyl groups is 3. The molecule has 0 saturated heterocycles. The van der Waals surface area contributed by atoms with Gasteiger partial charge in [0.15, 0.2) is 5.78 Å². The van der Waals surface area contributed by atoms with Crippen molar-refractivity contribution in [3.63, 3.8) is 0 Å². The molecule has 0 heterocycles. The third-order valence-corrected chi connectivity index (χ3v) is 9.85. The highest BCUT2D eigenvalue weighted by Crippen LogP contribution is 2.68. The van der Waals surface area contributed by atoms with Gasteiger partial charge in [0.25, 0.3) is 0 Å². The smallest absolute Gasteiger partial charge is 0.193 e. The Morgan fingerprint density at radius 3 is 2.50 bits per heavy atom. The molecule has 28 heavy (non-hydrogen) atoms. The number of fused-ring (bicyclic) bond motifs is 5. The molecule has 160 valence electrons. The van der Waals surface area contributed by atoms with Crippen LogP contribution < -0.4 is 0 Å². The van der Waals surface area contributed by atoms with Gasteiger partial charge in [0.05, 0.1) is 12.2 Å². The summed E-state index contributed by atoms with van der Waals surface area (Å²) in [6, 6.07) is 0. The lowest BCUT2D eigenvalue weighted by Gasteiger charge is -2.62. The average Bonchev–Trinajstić information content (AvgIpc) is 2.92. The Balaban J connectivity index is 1.67. The molecule has 0 aromatic carbocycles. The van der Waals surface area contributed by atoms with Gasteiger partial charge < -0.3 is 20.1 Å². The van der Waals surface area contributed by atoms with Gasteiger partial charge in [-0.1, -0.05) is 13.8 Å². The standard InChI is InChI=1S/C23H38O5/c1-13(28-4)20(26)23(27)10-8-17-16-6-5-14-11-15(24)7-9-21(14,2)19(16)18(25)12-22(17,23)3/h13-19,24-25,27H,5-12H2,1-4H3/t13?,14-,15-,16+,17+,18+,19-,21+,22+,23+/m1/s1. The monoisotopic (exact) mass is 394 g/mol. The lowest BCUT2D eigenvalue weighted by molar-refractivity contribution is -0.204. The van der Waals surface area contributed by atoms with Crippen LogP contribution in [-0.2, 0) is 9.53 Å². The van der Waals surface area contributed by atoms with Crippen LogP contribution in [0, 0.1) is 34.5 Å². The topological polar surface area (TPSA) is 87.0 Å². The van der Waals surface area contributed by atoms with Gasteiger partial charge in [-0.3, -0.25) is 4.79 Å². The predicted molar refractivity (Wildman–Crippen MR) is 106 cm³/mol. The summed E-state index contributed by atoms with van der Waals surface area (Å²) < 4.78 is 5.25. The van der Waals surface area contributed by atoms with Gasteiger partial charge in [-0.25, -0.2) is 0 Å². The Labute approximate surface area is 168 Å². The molecule has 4 rings (SSSR count). The number of carbonyl (C=O) groups excluding carboxylic acids is 1. The first-order valence-electron chi connectivity index (χ1n) is 11.2. The lowest BCUT2D eigenvalue weighted by atomic mass is 9.43. The predicted octanol–water partition coefficient (Wildman–Crippen LogP) is 2.70. The van der Waals surface area contributed by atoms with Gasteiger partial charge in [0.1, 0.15) is 11.7 Å². The third kappa shape index (κ3) is 2.62. The van der Waals surface area contributed by atoms with Gasteiger partial charge in [0.2, 0.25) is 0 Å². The van der Waals surface area contributed by atoms with E-state index in [0.29, 0.717) is 24.7 Å². The first kappa shape index (κ1) is 20.8. The highest BCUT2D eigenvalue weighted by molar-refractivity contribution is 5.92. The van der Waals surface area contributed by atoms with E-state index >= 15 is 0 Å². The van der Waals surface area contributed by atoms with Gasteiger partial charge in [-0.2, -0.15) is 0 Å². The van der Waals surface area contributed by atoms with Crippen LogP contribution >= 0.6 is 0 Å². The van der Waals surface area contributed by atoms with E-state index in [1.807, 2.05) is 6.92 Å². The summed E-state index contributed by atoms with van der Waals surface area (Å²) in [5.41, 5.74) is -1.97. The van der Waals surface area contributed by atoms with Crippen LogP contribution in [0.1, 0.15) is 72.1 Å². The van der Waals surface area contributed by atoms with E-state index in [-0.39, 0.29) is 29.1 Å². The molecule has 0 spiro atoms. The van der Waals surface area contributed by atoms with Gasteiger partial charge >= 0.3 is 0 Å². The molecule has 4 aliphatic carbocycles. The van der Waals surface area contributed by atoms with Gasteiger partial charge in [-0.15, -0.1) is 0 Å². The summed E-state index contributed by atoms with van der Waals surface area (Å²) in [5.74, 6) is 1.03. The van der Waals surface area contributed by atoms with Crippen molar-refractivity contribution in [3.05, 3.63) is 0 Å². The zero-order valence-electron chi connectivity index (χ0n) is 17.9. The van der Waals surface area contributed by atoms with Gasteiger partial charge in [-0.05, 0) is 87.4 Å². The minimum absolute atomic E-state index is 0.0490. The number of hydrogen-bond acceptors (Lipinski definition) is 5. The molecule has 0 amide bonds. The van der Waals surface area contributed by atoms with Crippen LogP contribution in [0.2, 0.25) is 0 Å². The van der Waals surface area contributed by atoms with Crippen molar-refractivity contribution in [2.24, 2.45) is 34.5 Å². The molecule has 5 heteroatoms. The fraction of sp³-hybridized carbons (Fsp3) is 0.957. The highest BCUT2D eigenvalue weighted by atomic mass is 16.5. The number of carbonyl (C=O) groups is 1. The third-order valence-electron chi connectivity index (χ3n) is 9.85. The molecule has 4 fully saturated rings. The molecule has 4 aliphatic rings. The maximum absolute atomic E-state index is 13.1. The summed E-state index contributed by atoms with van der Waals surface area (Å²) in [5, 5.41) is 33.1. The second-order valence-corrected chi connectivity index (χ2v) is 10.8. The zero-order valence-corrected chi connectivity index (χ0v) is 17.9. The number of aliphatic hydroxyl groups excluding tert-OH is 2. The summed E-state index contributed by atoms with van der Waals surface area (Å²) in [6.07, 6.45) is 5.17. The molecule has 0 aromatic rings. The zero-order chi connectivity index (χ0) is 20.5. The quantitative estimate of drug-likeness (QED) is 0.685. The Morgan fingerprint density at radius 1 is 1.11 bits per heavy atom. The van der Waals surface area contributed by atoms with Crippen molar-refractivity contribution < 1.29 is 24.9 Å². The lowest BCUT2D eigenvalue weighted by Crippen LogP contribution is -2.63. The number of ether oxygens (including phenoxy) is 1. The largest absolute Gasteiger partial charge is 0.393 e. The van der Waals surface area contributed by atoms with E-state index in [0.717, 1.165) is 38.5 Å². The van der Waals surface area contributed by atoms with Crippen LogP contribution in [0.4, 0.5) is 0 Å². The van der Waals surface area contributed by atoms with Crippen molar-refractivity contribution in [3.8, 4) is 0 Å². The van der Waals surface area contributed by atoms with Crippen molar-refractivity contribution in [1.29, 1.82) is 0 Å². The number of Topliss-reactive ketones (excluding diaryl/α,β-unsaturated/α-hetero) is 1. The summed E-state index contributed by atoms with van der Waals surface area (Å²) >= 11 is 0. The number of rotatable bonds is 3. The molecule has 4 saturated carbocycles. The first-order valence-corrected chi connectivity index (χ1v) is 11.2. The van der Waals surface area contributed by atoms with Crippen LogP contribution in [0.15, 0.2) is 0 Å². The van der Waals surface area contributed by atoms with Crippen LogP contribution in [0.5, 0.6) is 0 Å². The fourth-order valence-electron chi connectivity index (χ4n) is 8.21. The minimum Gasteiger partial charge on any atom is -0.393 e. The molecule has 5 nitrogen and oxygen atoms in total. The fourth-order valence-corrected chi connectivity index (χ4v) is 8.21. The Hall–Kier alpha value is -0.490. The van der Waals surface area contributed by atoms with Gasteiger partial charge in [0, 0.05) is 12.5 Å². The molecular weight excluding hydrogens is 356 g/mol. The minimum atomic E-state index is -1.42. The maximum Gasteiger partial charge on any atom is 0.193 e. The normalized spacial score (nSPS) is 54.4. The molecule has 0 bridgehead atoms. The van der Waals surface area contributed by atoms with Crippen LogP contribution in [0.3, 0.4) is 0 Å². The van der Waals surface area contributed by atoms with E-state index in [1.165, 1.54) is 7.11 Å². The van der Waals surface area contributed by atoms with Crippen LogP contribution in [-0.4, -0.2) is 52.1 Å². The molecular formula is C23H38O5. The number of hydrogen-bond donors (Lipinski definition) is 3. The van der Waals surface area contributed by atoms with E-state index in [2.05, 4.69) is 6.92 Å². The van der Waals surface area contributed by atoms with Crippen molar-refractivity contribution in [1.82, 2.24) is 0 Å². The molecule has 0 aromatic heterocycles. The van der Waals surface area contributed by atoms with E-state index in [9.17, 15) is 20.1 Å². The van der Waals surface area contributed by atoms with Crippen molar-refractivity contribution >= 4 is 5.78 Å². The summed E-state index contributed by atoms with van der Waals surface area (Å²) in [4.78, 5) is 13.1. The second-order valence-electron chi connectivity index (χ2n) is 10.8. The molecule has 0 aliphatic heterocycles. The Bertz CT molecular complexity index is 636. The van der Waals surface area contributed by atoms with E-state index in [1.54, 1.807) is 6.92 Å². The van der Waals surface area contributed by atoms with Crippen molar-refractivity contribution in [2.45, 2.75) is 96.1 Å². The van der Waals surface area contributed by atoms with E-state index < -0.39 is 23.2 Å². The average molecular weight is 395 g/mol. The second kappa shape index (κ2) is 6.76. The Kier molecular flexibility index (Phi) is 5.02. The van der Waals surface area contributed by atoms with Crippen LogP contribution in [0.25, 0.3) is 0 Å². The summed E-state index contributed by atoms with van der Waals surface area (Å²) in [6.45, 7) is 6.06. The molecule has 3 N–H and O–H groups in total. The molecule has 1 unspecified atom stereocenters. The number of methoxy groups -OCH3 is 1. The van der Waals surface area contributed by atoms with Crippen molar-refractivity contribution in [2.75, 3.05) is 7.11 Å². The maximum atomic E-state index is 13.1. The highest BCUT2D eigenvalue weighted by Gasteiger charge is 2.69. The first-order chi connectivity index (χ1) is 13.1. The molecule has 0 radical (unpaired) electrons. The van der Waals surface area contributed by atoms with E-state index in [4.69, 9.17) is 4.74 Å². The SMILES string of the molecule is COC(C)C(=O)[C@@]1(O)CC[C@H]2[C@@H]3CC[C@@H]4C[C@H](O)CC[C@]4(C)[C@H]3[C@@H](O)C[C@@]21C.